The van der Waals surface area contributed by atoms with Gasteiger partial charge in [-0.2, -0.15) is 0 Å². The first-order chi connectivity index (χ1) is 9.74. The van der Waals surface area contributed by atoms with Crippen LogP contribution in [0, 0.1) is 5.92 Å². The van der Waals surface area contributed by atoms with Gasteiger partial charge >= 0.3 is 0 Å². The van der Waals surface area contributed by atoms with Crippen LogP contribution in [0.5, 0.6) is 11.5 Å². The van der Waals surface area contributed by atoms with Crippen molar-refractivity contribution in [1.29, 1.82) is 0 Å². The fourth-order valence-electron chi connectivity index (χ4n) is 3.05. The Morgan fingerprint density at radius 3 is 2.65 bits per heavy atom. The Bertz CT molecular complexity index is 411. The summed E-state index contributed by atoms with van der Waals surface area (Å²) in [6.45, 7) is 7.89. The van der Waals surface area contributed by atoms with E-state index < -0.39 is 0 Å². The number of phenolic OH excluding ortho intramolecular Hbond substituents is 1. The zero-order chi connectivity index (χ0) is 14.4. The molecule has 0 aliphatic carbocycles. The molecule has 0 aromatic heterocycles. The molecule has 0 amide bonds. The van der Waals surface area contributed by atoms with E-state index in [-0.39, 0.29) is 0 Å². The van der Waals surface area contributed by atoms with Crippen LogP contribution in [0.4, 0.5) is 0 Å². The van der Waals surface area contributed by atoms with Crippen molar-refractivity contribution in [3.63, 3.8) is 0 Å². The number of aromatic hydroxyl groups is 1. The van der Waals surface area contributed by atoms with E-state index in [0.717, 1.165) is 31.1 Å². The zero-order valence-electron chi connectivity index (χ0n) is 12.8. The summed E-state index contributed by atoms with van der Waals surface area (Å²) in [5.41, 5.74) is 0.977. The summed E-state index contributed by atoms with van der Waals surface area (Å²) in [7, 11) is 0. The average molecular weight is 277 g/mol. The fraction of sp³-hybridized carbons (Fsp3) is 0.647. The second kappa shape index (κ2) is 7.53. The topological polar surface area (TPSA) is 32.7 Å². The highest BCUT2D eigenvalue weighted by Gasteiger charge is 2.19. The number of hydrogen-bond donors (Lipinski definition) is 1. The van der Waals surface area contributed by atoms with Crippen molar-refractivity contribution in [2.24, 2.45) is 5.92 Å². The lowest BCUT2D eigenvalue weighted by atomic mass is 9.92. The first-order valence-electron chi connectivity index (χ1n) is 7.90. The Hall–Kier alpha value is -1.22. The normalized spacial score (nSPS) is 17.3. The lowest BCUT2D eigenvalue weighted by Crippen LogP contribution is -2.33. The maximum Gasteiger partial charge on any atom is 0.162 e. The van der Waals surface area contributed by atoms with E-state index >= 15 is 0 Å². The number of nitrogens with zero attached hydrogens (tertiary/aromatic N) is 1. The molecule has 1 N–H and O–H groups in total. The summed E-state index contributed by atoms with van der Waals surface area (Å²) in [6.07, 6.45) is 5.24. The molecule has 0 spiro atoms. The molecule has 0 saturated carbocycles. The predicted octanol–water partition coefficient (Wildman–Crippen LogP) is 3.80. The van der Waals surface area contributed by atoms with E-state index in [9.17, 15) is 5.11 Å². The molecule has 0 bridgehead atoms. The van der Waals surface area contributed by atoms with Gasteiger partial charge in [0.1, 0.15) is 0 Å². The number of hydrogen-bond acceptors (Lipinski definition) is 3. The van der Waals surface area contributed by atoms with Gasteiger partial charge in [0.15, 0.2) is 11.5 Å². The molecule has 3 nitrogen and oxygen atoms in total. The van der Waals surface area contributed by atoms with Gasteiger partial charge in [-0.15, -0.1) is 0 Å². The molecule has 1 fully saturated rings. The van der Waals surface area contributed by atoms with Crippen molar-refractivity contribution in [2.75, 3.05) is 19.7 Å². The number of piperidine rings is 1. The first-order valence-corrected chi connectivity index (χ1v) is 7.90. The third kappa shape index (κ3) is 3.89. The molecular weight excluding hydrogens is 250 g/mol. The van der Waals surface area contributed by atoms with Crippen LogP contribution in [0.3, 0.4) is 0 Å². The summed E-state index contributed by atoms with van der Waals surface area (Å²) in [6, 6.07) is 5.79. The molecular formula is C17H27NO2. The van der Waals surface area contributed by atoms with Crippen LogP contribution in [0.15, 0.2) is 18.2 Å². The van der Waals surface area contributed by atoms with Crippen LogP contribution < -0.4 is 4.74 Å². The summed E-state index contributed by atoms with van der Waals surface area (Å²) in [4.78, 5) is 2.44. The first kappa shape index (κ1) is 15.2. The highest BCUT2D eigenvalue weighted by Crippen LogP contribution is 2.31. The largest absolute Gasteiger partial charge is 0.504 e. The summed E-state index contributed by atoms with van der Waals surface area (Å²) >= 11 is 0. The smallest absolute Gasteiger partial charge is 0.162 e. The molecule has 1 aromatic carbocycles. The van der Waals surface area contributed by atoms with Gasteiger partial charge in [0.2, 0.25) is 0 Å². The van der Waals surface area contributed by atoms with E-state index in [1.165, 1.54) is 25.7 Å². The highest BCUT2D eigenvalue weighted by atomic mass is 16.5. The minimum atomic E-state index is 0.310. The van der Waals surface area contributed by atoms with Gasteiger partial charge in [0.25, 0.3) is 0 Å². The van der Waals surface area contributed by atoms with E-state index in [2.05, 4.69) is 11.8 Å². The zero-order valence-corrected chi connectivity index (χ0v) is 12.8. The minimum absolute atomic E-state index is 0.310. The van der Waals surface area contributed by atoms with Crippen LogP contribution in [-0.2, 0) is 6.54 Å². The molecule has 1 aliphatic heterocycles. The van der Waals surface area contributed by atoms with Gasteiger partial charge in [-0.05, 0) is 44.8 Å². The van der Waals surface area contributed by atoms with Crippen LogP contribution in [0.2, 0.25) is 0 Å². The third-order valence-electron chi connectivity index (χ3n) is 4.18. The number of para-hydroxylation sites is 1. The molecule has 20 heavy (non-hydrogen) atoms. The minimum Gasteiger partial charge on any atom is -0.504 e. The Morgan fingerprint density at radius 2 is 2.00 bits per heavy atom. The Morgan fingerprint density at radius 1 is 1.25 bits per heavy atom. The maximum atomic E-state index is 10.2. The van der Waals surface area contributed by atoms with Crippen molar-refractivity contribution < 1.29 is 9.84 Å². The molecule has 1 heterocycles. The quantitative estimate of drug-likeness (QED) is 0.858. The van der Waals surface area contributed by atoms with E-state index in [1.54, 1.807) is 0 Å². The van der Waals surface area contributed by atoms with Gasteiger partial charge in [-0.25, -0.2) is 0 Å². The van der Waals surface area contributed by atoms with Gasteiger partial charge < -0.3 is 9.84 Å². The Kier molecular flexibility index (Phi) is 5.72. The van der Waals surface area contributed by atoms with Crippen molar-refractivity contribution in [3.8, 4) is 11.5 Å². The third-order valence-corrected chi connectivity index (χ3v) is 4.18. The van der Waals surface area contributed by atoms with E-state index in [0.29, 0.717) is 18.1 Å². The van der Waals surface area contributed by atoms with Gasteiger partial charge in [0, 0.05) is 12.1 Å². The average Bonchev–Trinajstić information content (AvgIpc) is 2.46. The molecule has 0 unspecified atom stereocenters. The fourth-order valence-corrected chi connectivity index (χ4v) is 3.05. The molecule has 0 radical (unpaired) electrons. The van der Waals surface area contributed by atoms with Crippen molar-refractivity contribution >= 4 is 0 Å². The number of phenols is 1. The predicted molar refractivity (Wildman–Crippen MR) is 82.2 cm³/mol. The lowest BCUT2D eigenvalue weighted by Gasteiger charge is -2.32. The number of likely N-dealkylation sites (tertiary alicyclic amines) is 1. The molecule has 0 atom stereocenters. The number of benzene rings is 1. The lowest BCUT2D eigenvalue weighted by molar-refractivity contribution is 0.170. The SMILES string of the molecule is CCCC1CCN(Cc2cccc(OCC)c2O)CC1. The summed E-state index contributed by atoms with van der Waals surface area (Å²) in [5, 5.41) is 10.2. The number of rotatable bonds is 6. The van der Waals surface area contributed by atoms with Crippen LogP contribution in [0.25, 0.3) is 0 Å². The Labute approximate surface area is 122 Å². The molecule has 1 aliphatic rings. The molecule has 1 aromatic rings. The molecule has 2 rings (SSSR count). The summed E-state index contributed by atoms with van der Waals surface area (Å²) < 4.78 is 5.45. The molecule has 112 valence electrons. The van der Waals surface area contributed by atoms with E-state index in [1.807, 2.05) is 25.1 Å². The van der Waals surface area contributed by atoms with Gasteiger partial charge in [-0.3, -0.25) is 4.90 Å². The van der Waals surface area contributed by atoms with Crippen molar-refractivity contribution in [3.05, 3.63) is 23.8 Å². The van der Waals surface area contributed by atoms with Crippen LogP contribution >= 0.6 is 0 Å². The second-order valence-corrected chi connectivity index (χ2v) is 5.71. The Balaban J connectivity index is 1.92. The molecule has 3 heteroatoms. The highest BCUT2D eigenvalue weighted by molar-refractivity contribution is 5.45. The van der Waals surface area contributed by atoms with Crippen molar-refractivity contribution in [2.45, 2.75) is 46.1 Å². The van der Waals surface area contributed by atoms with E-state index in [4.69, 9.17) is 4.74 Å². The van der Waals surface area contributed by atoms with Gasteiger partial charge in [0.05, 0.1) is 6.61 Å². The van der Waals surface area contributed by atoms with Crippen LogP contribution in [0.1, 0.15) is 45.1 Å². The van der Waals surface area contributed by atoms with Crippen LogP contribution in [-0.4, -0.2) is 29.7 Å². The maximum absolute atomic E-state index is 10.2. The summed E-state index contributed by atoms with van der Waals surface area (Å²) in [5.74, 6) is 1.82. The van der Waals surface area contributed by atoms with Crippen molar-refractivity contribution in [1.82, 2.24) is 4.90 Å². The monoisotopic (exact) mass is 277 g/mol. The number of ether oxygens (including phenoxy) is 1. The molecule has 1 saturated heterocycles. The van der Waals surface area contributed by atoms with Gasteiger partial charge in [-0.1, -0.05) is 31.9 Å². The standard InChI is InChI=1S/C17H27NO2/c1-3-6-14-9-11-18(12-10-14)13-15-7-5-8-16(17(15)19)20-4-2/h5,7-8,14,19H,3-4,6,9-13H2,1-2H3. The second-order valence-electron chi connectivity index (χ2n) is 5.71.